The molecule has 0 spiro atoms. The number of benzene rings is 2. The Balaban J connectivity index is 1.92. The lowest BCUT2D eigenvalue weighted by Gasteiger charge is -2.09. The van der Waals surface area contributed by atoms with Gasteiger partial charge in [0.2, 0.25) is 5.91 Å². The highest BCUT2D eigenvalue weighted by Gasteiger charge is 2.03. The lowest BCUT2D eigenvalue weighted by atomic mass is 10.1. The first kappa shape index (κ1) is 15.7. The molecule has 0 aliphatic heterocycles. The van der Waals surface area contributed by atoms with Crippen molar-refractivity contribution in [2.75, 3.05) is 0 Å². The second kappa shape index (κ2) is 7.34. The third-order valence-corrected chi connectivity index (χ3v) is 3.58. The van der Waals surface area contributed by atoms with Crippen molar-refractivity contribution in [2.45, 2.75) is 19.4 Å². The maximum absolute atomic E-state index is 10.7. The zero-order valence-electron chi connectivity index (χ0n) is 11.3. The fourth-order valence-electron chi connectivity index (χ4n) is 1.82. The van der Waals surface area contributed by atoms with Gasteiger partial charge in [0.25, 0.3) is 0 Å². The van der Waals surface area contributed by atoms with E-state index >= 15 is 0 Å². The summed E-state index contributed by atoms with van der Waals surface area (Å²) >= 11 is 11.9. The molecule has 1 amide bonds. The fourth-order valence-corrected chi connectivity index (χ4v) is 2.28. The van der Waals surface area contributed by atoms with Crippen molar-refractivity contribution in [1.29, 1.82) is 0 Å². The van der Waals surface area contributed by atoms with Crippen molar-refractivity contribution < 1.29 is 9.53 Å². The summed E-state index contributed by atoms with van der Waals surface area (Å²) in [6, 6.07) is 12.9. The predicted molar refractivity (Wildman–Crippen MR) is 84.8 cm³/mol. The minimum Gasteiger partial charge on any atom is -0.489 e. The van der Waals surface area contributed by atoms with E-state index in [2.05, 4.69) is 0 Å². The summed E-state index contributed by atoms with van der Waals surface area (Å²) < 4.78 is 5.67. The highest BCUT2D eigenvalue weighted by molar-refractivity contribution is 6.35. The molecular formula is C16H15Cl2NO2. The van der Waals surface area contributed by atoms with Crippen LogP contribution in [-0.2, 0) is 17.8 Å². The van der Waals surface area contributed by atoms with Crippen molar-refractivity contribution in [3.05, 3.63) is 63.6 Å². The summed E-state index contributed by atoms with van der Waals surface area (Å²) in [6.45, 7) is 0.372. The maximum Gasteiger partial charge on any atom is 0.217 e. The van der Waals surface area contributed by atoms with Crippen molar-refractivity contribution in [2.24, 2.45) is 5.73 Å². The van der Waals surface area contributed by atoms with Crippen molar-refractivity contribution in [1.82, 2.24) is 0 Å². The van der Waals surface area contributed by atoms with E-state index in [0.29, 0.717) is 29.5 Å². The number of hydrogen-bond acceptors (Lipinski definition) is 2. The van der Waals surface area contributed by atoms with Gasteiger partial charge in [0, 0.05) is 22.0 Å². The quantitative estimate of drug-likeness (QED) is 0.873. The Labute approximate surface area is 133 Å². The zero-order valence-corrected chi connectivity index (χ0v) is 12.8. The van der Waals surface area contributed by atoms with Crippen LogP contribution in [0.25, 0.3) is 0 Å². The van der Waals surface area contributed by atoms with Gasteiger partial charge in [0.05, 0.1) is 0 Å². The highest BCUT2D eigenvalue weighted by Crippen LogP contribution is 2.23. The first-order chi connectivity index (χ1) is 10.0. The molecule has 2 aromatic rings. The van der Waals surface area contributed by atoms with Gasteiger partial charge in [-0.3, -0.25) is 4.79 Å². The lowest BCUT2D eigenvalue weighted by Crippen LogP contribution is -2.11. The van der Waals surface area contributed by atoms with Crippen molar-refractivity contribution in [3.8, 4) is 5.75 Å². The second-order valence-corrected chi connectivity index (χ2v) is 5.48. The third-order valence-electron chi connectivity index (χ3n) is 2.99. The molecule has 0 atom stereocenters. The van der Waals surface area contributed by atoms with Gasteiger partial charge in [0.15, 0.2) is 0 Å². The number of hydrogen-bond donors (Lipinski definition) is 1. The summed E-state index contributed by atoms with van der Waals surface area (Å²) in [6.07, 6.45) is 0.985. The van der Waals surface area contributed by atoms with E-state index in [0.717, 1.165) is 16.9 Å². The number of carbonyl (C=O) groups is 1. The topological polar surface area (TPSA) is 52.3 Å². The van der Waals surface area contributed by atoms with Gasteiger partial charge in [0.1, 0.15) is 12.4 Å². The number of carbonyl (C=O) groups excluding carboxylic acids is 1. The Morgan fingerprint density at radius 1 is 1.10 bits per heavy atom. The van der Waals surface area contributed by atoms with E-state index in [1.165, 1.54) is 0 Å². The van der Waals surface area contributed by atoms with Crippen LogP contribution in [0.1, 0.15) is 17.5 Å². The molecule has 110 valence electrons. The van der Waals surface area contributed by atoms with Crippen LogP contribution in [0, 0.1) is 0 Å². The molecule has 0 heterocycles. The molecule has 5 heteroatoms. The Morgan fingerprint density at radius 2 is 1.81 bits per heavy atom. The predicted octanol–water partition coefficient (Wildman–Crippen LogP) is 3.99. The maximum atomic E-state index is 10.7. The monoisotopic (exact) mass is 323 g/mol. The van der Waals surface area contributed by atoms with Gasteiger partial charge >= 0.3 is 0 Å². The first-order valence-electron chi connectivity index (χ1n) is 6.48. The summed E-state index contributed by atoms with van der Waals surface area (Å²) in [4.78, 5) is 10.7. The molecule has 0 aliphatic rings. The van der Waals surface area contributed by atoms with Crippen LogP contribution < -0.4 is 10.5 Å². The van der Waals surface area contributed by atoms with Gasteiger partial charge in [-0.25, -0.2) is 0 Å². The van der Waals surface area contributed by atoms with E-state index in [1.807, 2.05) is 30.3 Å². The van der Waals surface area contributed by atoms with E-state index in [-0.39, 0.29) is 5.91 Å². The SMILES string of the molecule is NC(=O)CCc1ccc(OCc2ccc(Cl)cc2Cl)cc1. The molecular weight excluding hydrogens is 309 g/mol. The number of rotatable bonds is 6. The summed E-state index contributed by atoms with van der Waals surface area (Å²) in [5.41, 5.74) is 7.04. The van der Waals surface area contributed by atoms with E-state index < -0.39 is 0 Å². The molecule has 0 unspecified atom stereocenters. The van der Waals surface area contributed by atoms with Crippen LogP contribution in [0.5, 0.6) is 5.75 Å². The van der Waals surface area contributed by atoms with E-state index in [1.54, 1.807) is 12.1 Å². The molecule has 21 heavy (non-hydrogen) atoms. The Bertz CT molecular complexity index is 627. The van der Waals surface area contributed by atoms with Gasteiger partial charge in [-0.05, 0) is 36.2 Å². The molecule has 0 saturated heterocycles. The van der Waals surface area contributed by atoms with E-state index in [9.17, 15) is 4.79 Å². The minimum absolute atomic E-state index is 0.298. The number of aryl methyl sites for hydroxylation is 1. The molecule has 0 aromatic heterocycles. The van der Waals surface area contributed by atoms with Crippen LogP contribution in [-0.4, -0.2) is 5.91 Å². The molecule has 0 bridgehead atoms. The zero-order chi connectivity index (χ0) is 15.2. The number of halogens is 2. The molecule has 0 fully saturated rings. The minimum atomic E-state index is -0.298. The van der Waals surface area contributed by atoms with Crippen LogP contribution >= 0.6 is 23.2 Å². The second-order valence-electron chi connectivity index (χ2n) is 4.63. The van der Waals surface area contributed by atoms with Gasteiger partial charge in [-0.1, -0.05) is 41.4 Å². The van der Waals surface area contributed by atoms with Crippen LogP contribution in [0.15, 0.2) is 42.5 Å². The smallest absolute Gasteiger partial charge is 0.217 e. The van der Waals surface area contributed by atoms with Crippen LogP contribution in [0.4, 0.5) is 0 Å². The van der Waals surface area contributed by atoms with Gasteiger partial charge < -0.3 is 10.5 Å². The van der Waals surface area contributed by atoms with Crippen molar-refractivity contribution in [3.63, 3.8) is 0 Å². The van der Waals surface area contributed by atoms with Gasteiger partial charge in [-0.2, -0.15) is 0 Å². The number of nitrogens with two attached hydrogens (primary N) is 1. The molecule has 0 aliphatic carbocycles. The largest absolute Gasteiger partial charge is 0.489 e. The van der Waals surface area contributed by atoms with Crippen molar-refractivity contribution >= 4 is 29.1 Å². The fraction of sp³-hybridized carbons (Fsp3) is 0.188. The normalized spacial score (nSPS) is 10.4. The lowest BCUT2D eigenvalue weighted by molar-refractivity contribution is -0.117. The molecule has 3 nitrogen and oxygen atoms in total. The third kappa shape index (κ3) is 4.96. The summed E-state index contributed by atoms with van der Waals surface area (Å²) in [5.74, 6) is 0.441. The van der Waals surface area contributed by atoms with E-state index in [4.69, 9.17) is 33.7 Å². The summed E-state index contributed by atoms with van der Waals surface area (Å²) in [7, 11) is 0. The van der Waals surface area contributed by atoms with Gasteiger partial charge in [-0.15, -0.1) is 0 Å². The molecule has 2 N–H and O–H groups in total. The molecule has 0 saturated carbocycles. The number of ether oxygens (including phenoxy) is 1. The highest BCUT2D eigenvalue weighted by atomic mass is 35.5. The Kier molecular flexibility index (Phi) is 5.48. The average molecular weight is 324 g/mol. The Hall–Kier alpha value is -1.71. The van der Waals surface area contributed by atoms with Crippen LogP contribution in [0.2, 0.25) is 10.0 Å². The standard InChI is InChI=1S/C16H15Cl2NO2/c17-13-5-4-12(15(18)9-13)10-21-14-6-1-11(2-7-14)3-8-16(19)20/h1-2,4-7,9H,3,8,10H2,(H2,19,20). The number of primary amides is 1. The Morgan fingerprint density at radius 3 is 2.43 bits per heavy atom. The molecule has 2 aromatic carbocycles. The van der Waals surface area contributed by atoms with Crippen LogP contribution in [0.3, 0.4) is 0 Å². The number of amides is 1. The molecule has 2 rings (SSSR count). The molecule has 0 radical (unpaired) electrons. The average Bonchev–Trinajstić information content (AvgIpc) is 2.45. The first-order valence-corrected chi connectivity index (χ1v) is 7.24. The summed E-state index contributed by atoms with van der Waals surface area (Å²) in [5, 5.41) is 1.18.